The van der Waals surface area contributed by atoms with Gasteiger partial charge in [0.25, 0.3) is 0 Å². The fraction of sp³-hybridized carbons (Fsp3) is 0.435. The summed E-state index contributed by atoms with van der Waals surface area (Å²) in [5, 5.41) is 0. The Morgan fingerprint density at radius 1 is 1.10 bits per heavy atom. The number of nitrogens with zero attached hydrogens (tertiary/aromatic N) is 2. The van der Waals surface area contributed by atoms with Crippen LogP contribution in [0.5, 0.6) is 5.75 Å². The second-order valence-electron chi connectivity index (χ2n) is 8.47. The molecule has 0 N–H and O–H groups in total. The Kier molecular flexibility index (Phi) is 5.74. The topological polar surface area (TPSA) is 42.0 Å². The van der Waals surface area contributed by atoms with Crippen LogP contribution in [0.3, 0.4) is 0 Å². The van der Waals surface area contributed by atoms with Crippen molar-refractivity contribution < 1.29 is 14.3 Å². The Balaban J connectivity index is 1.45. The Morgan fingerprint density at radius 3 is 2.66 bits per heavy atom. The zero-order valence-corrected chi connectivity index (χ0v) is 18.1. The van der Waals surface area contributed by atoms with Crippen molar-refractivity contribution in [2.24, 2.45) is 0 Å². The van der Waals surface area contributed by atoms with Crippen LogP contribution in [0.15, 0.2) is 58.3 Å². The summed E-state index contributed by atoms with van der Waals surface area (Å²) in [5.74, 6) is 0.956. The zero-order valence-electron chi connectivity index (χ0n) is 17.3. The molecule has 1 unspecified atom stereocenters. The summed E-state index contributed by atoms with van der Waals surface area (Å²) in [5.41, 5.74) is 0.738. The van der Waals surface area contributed by atoms with E-state index in [1.807, 2.05) is 26.8 Å². The van der Waals surface area contributed by atoms with Gasteiger partial charge < -0.3 is 9.47 Å². The highest BCUT2D eigenvalue weighted by atomic mass is 32.2. The van der Waals surface area contributed by atoms with Crippen molar-refractivity contribution in [2.75, 3.05) is 26.4 Å². The second kappa shape index (κ2) is 8.28. The lowest BCUT2D eigenvalue weighted by atomic mass is 9.99. The molecule has 1 atom stereocenters. The first-order valence-corrected chi connectivity index (χ1v) is 10.9. The summed E-state index contributed by atoms with van der Waals surface area (Å²) >= 11 is 1.74. The summed E-state index contributed by atoms with van der Waals surface area (Å²) in [7, 11) is 0. The van der Waals surface area contributed by atoms with Crippen LogP contribution in [0.25, 0.3) is 0 Å². The molecule has 0 bridgehead atoms. The van der Waals surface area contributed by atoms with E-state index in [1.165, 1.54) is 15.4 Å². The lowest BCUT2D eigenvalue weighted by Crippen LogP contribution is -2.37. The molecule has 1 amide bonds. The molecular formula is C23H28N2O3S. The molecule has 5 nitrogen and oxygen atoms in total. The molecule has 0 aromatic heterocycles. The van der Waals surface area contributed by atoms with Crippen LogP contribution in [0.4, 0.5) is 4.79 Å². The third-order valence-corrected chi connectivity index (χ3v) is 6.07. The minimum Gasteiger partial charge on any atom is -0.493 e. The number of fused-ring (bicyclic) bond motifs is 1. The molecule has 0 saturated carbocycles. The van der Waals surface area contributed by atoms with Crippen LogP contribution in [0, 0.1) is 0 Å². The SMILES string of the molecule is CC(C)(C)OC(=O)N1CCN(C2CCOc3cc(Sc4ccccc4)ccc32)C1. The summed E-state index contributed by atoms with van der Waals surface area (Å²) in [4.78, 5) is 18.9. The molecule has 2 heterocycles. The number of benzene rings is 2. The van der Waals surface area contributed by atoms with Crippen LogP contribution in [-0.2, 0) is 4.74 Å². The molecule has 0 spiro atoms. The van der Waals surface area contributed by atoms with Gasteiger partial charge in [0.15, 0.2) is 0 Å². The summed E-state index contributed by atoms with van der Waals surface area (Å²) in [6, 6.07) is 17.1. The smallest absolute Gasteiger partial charge is 0.411 e. The number of carbonyl (C=O) groups excluding carboxylic acids is 1. The van der Waals surface area contributed by atoms with E-state index >= 15 is 0 Å². The van der Waals surface area contributed by atoms with Gasteiger partial charge in [0, 0.05) is 40.9 Å². The number of hydrogen-bond acceptors (Lipinski definition) is 5. The lowest BCUT2D eigenvalue weighted by Gasteiger charge is -2.33. The third kappa shape index (κ3) is 4.87. The highest BCUT2D eigenvalue weighted by molar-refractivity contribution is 7.99. The Morgan fingerprint density at radius 2 is 1.90 bits per heavy atom. The maximum absolute atomic E-state index is 12.4. The summed E-state index contributed by atoms with van der Waals surface area (Å²) in [6.07, 6.45) is 0.697. The largest absolute Gasteiger partial charge is 0.493 e. The van der Waals surface area contributed by atoms with Crippen LogP contribution < -0.4 is 4.74 Å². The highest BCUT2D eigenvalue weighted by Gasteiger charge is 2.35. The van der Waals surface area contributed by atoms with E-state index in [4.69, 9.17) is 9.47 Å². The maximum atomic E-state index is 12.4. The molecule has 2 aliphatic heterocycles. The number of amides is 1. The van der Waals surface area contributed by atoms with Gasteiger partial charge in [-0.25, -0.2) is 4.79 Å². The molecule has 2 aliphatic rings. The van der Waals surface area contributed by atoms with E-state index in [0.717, 1.165) is 18.7 Å². The first-order chi connectivity index (χ1) is 13.9. The van der Waals surface area contributed by atoms with E-state index < -0.39 is 5.60 Å². The fourth-order valence-electron chi connectivity index (χ4n) is 3.76. The molecule has 0 radical (unpaired) electrons. The van der Waals surface area contributed by atoms with E-state index in [0.29, 0.717) is 19.8 Å². The van der Waals surface area contributed by atoms with Crippen molar-refractivity contribution in [3.8, 4) is 5.75 Å². The molecule has 4 rings (SSSR count). The van der Waals surface area contributed by atoms with Crippen molar-refractivity contribution in [1.29, 1.82) is 0 Å². The van der Waals surface area contributed by atoms with Gasteiger partial charge in [-0.1, -0.05) is 36.0 Å². The van der Waals surface area contributed by atoms with Gasteiger partial charge in [-0.15, -0.1) is 0 Å². The molecule has 1 fully saturated rings. The minimum atomic E-state index is -0.470. The maximum Gasteiger partial charge on any atom is 0.411 e. The molecule has 2 aromatic carbocycles. The van der Waals surface area contributed by atoms with Crippen LogP contribution in [0.2, 0.25) is 0 Å². The highest BCUT2D eigenvalue weighted by Crippen LogP contribution is 2.40. The minimum absolute atomic E-state index is 0.234. The Hall–Kier alpha value is -2.18. The summed E-state index contributed by atoms with van der Waals surface area (Å²) < 4.78 is 11.5. The number of hydrogen-bond donors (Lipinski definition) is 0. The van der Waals surface area contributed by atoms with E-state index in [9.17, 15) is 4.79 Å². The van der Waals surface area contributed by atoms with E-state index in [-0.39, 0.29) is 12.1 Å². The number of carbonyl (C=O) groups is 1. The molecular weight excluding hydrogens is 384 g/mol. The Bertz CT molecular complexity index is 866. The molecule has 2 aromatic rings. The van der Waals surface area contributed by atoms with Gasteiger partial charge in [-0.2, -0.15) is 0 Å². The van der Waals surface area contributed by atoms with Crippen LogP contribution in [-0.4, -0.2) is 47.9 Å². The monoisotopic (exact) mass is 412 g/mol. The summed E-state index contributed by atoms with van der Waals surface area (Å²) in [6.45, 7) is 8.54. The Labute approximate surface area is 177 Å². The van der Waals surface area contributed by atoms with Crippen LogP contribution >= 0.6 is 11.8 Å². The molecule has 29 heavy (non-hydrogen) atoms. The standard InChI is InChI=1S/C23H28N2O3S/c1-23(2,3)28-22(26)25-13-12-24(16-25)20-11-14-27-21-15-18(9-10-19(20)21)29-17-7-5-4-6-8-17/h4-10,15,20H,11-14,16H2,1-3H3. The first kappa shape index (κ1) is 20.1. The predicted octanol–water partition coefficient (Wildman–Crippen LogP) is 5.17. The van der Waals surface area contributed by atoms with Crippen molar-refractivity contribution in [2.45, 2.75) is 48.6 Å². The van der Waals surface area contributed by atoms with Gasteiger partial charge in [0.2, 0.25) is 0 Å². The van der Waals surface area contributed by atoms with Gasteiger partial charge in [0.05, 0.1) is 13.3 Å². The van der Waals surface area contributed by atoms with Crippen molar-refractivity contribution >= 4 is 17.9 Å². The van der Waals surface area contributed by atoms with E-state index in [2.05, 4.69) is 47.4 Å². The molecule has 154 valence electrons. The first-order valence-electron chi connectivity index (χ1n) is 10.1. The quantitative estimate of drug-likeness (QED) is 0.696. The van der Waals surface area contributed by atoms with Crippen molar-refractivity contribution in [3.05, 3.63) is 54.1 Å². The zero-order chi connectivity index (χ0) is 20.4. The fourth-order valence-corrected chi connectivity index (χ4v) is 4.63. The van der Waals surface area contributed by atoms with Crippen molar-refractivity contribution in [1.82, 2.24) is 9.80 Å². The molecule has 6 heteroatoms. The second-order valence-corrected chi connectivity index (χ2v) is 9.61. The lowest BCUT2D eigenvalue weighted by molar-refractivity contribution is 0.0244. The van der Waals surface area contributed by atoms with Crippen LogP contribution in [0.1, 0.15) is 38.8 Å². The number of rotatable bonds is 3. The average molecular weight is 413 g/mol. The molecule has 0 aliphatic carbocycles. The predicted molar refractivity (Wildman–Crippen MR) is 114 cm³/mol. The normalized spacial score (nSPS) is 19.6. The van der Waals surface area contributed by atoms with Gasteiger partial charge in [0.1, 0.15) is 11.4 Å². The number of ether oxygens (including phenoxy) is 2. The molecule has 1 saturated heterocycles. The van der Waals surface area contributed by atoms with Gasteiger partial charge in [-0.3, -0.25) is 9.80 Å². The van der Waals surface area contributed by atoms with E-state index in [1.54, 1.807) is 16.7 Å². The van der Waals surface area contributed by atoms with Gasteiger partial charge >= 0.3 is 6.09 Å². The third-order valence-electron chi connectivity index (χ3n) is 5.07. The van der Waals surface area contributed by atoms with Gasteiger partial charge in [-0.05, 0) is 45.0 Å². The van der Waals surface area contributed by atoms with Crippen molar-refractivity contribution in [3.63, 3.8) is 0 Å². The average Bonchev–Trinajstić information content (AvgIpc) is 3.17.